The average Bonchev–Trinajstić information content (AvgIpc) is 2.78. The molecule has 1 rings (SSSR count). The fraction of sp³-hybridized carbons (Fsp3) is 0.650. The summed E-state index contributed by atoms with van der Waals surface area (Å²) in [6.45, 7) is 10.4. The smallest absolute Gasteiger partial charge is 0.324 e. The predicted molar refractivity (Wildman–Crippen MR) is 115 cm³/mol. The quantitative estimate of drug-likeness (QED) is 0.238. The number of carbonyl (C=O) groups is 1. The molecule has 20 heteroatoms. The van der Waals surface area contributed by atoms with Crippen LogP contribution in [0.3, 0.4) is 0 Å². The Hall–Kier alpha value is -2.35. The van der Waals surface area contributed by atoms with Gasteiger partial charge in [-0.1, -0.05) is 32.0 Å². The number of hydrogen-bond donors (Lipinski definition) is 2. The van der Waals surface area contributed by atoms with Crippen molar-refractivity contribution in [3.63, 3.8) is 0 Å². The number of likely N-dealkylation sites (N-methyl/N-ethyl adjacent to an activating group) is 1. The normalized spacial score (nSPS) is 14.1. The number of halogens is 13. The van der Waals surface area contributed by atoms with Gasteiger partial charge in [0.05, 0.1) is 6.54 Å². The van der Waals surface area contributed by atoms with Crippen molar-refractivity contribution in [1.29, 1.82) is 0 Å². The first-order chi connectivity index (χ1) is 17.6. The lowest BCUT2D eigenvalue weighted by atomic mass is 9.98. The van der Waals surface area contributed by atoms with E-state index >= 15 is 0 Å². The Morgan fingerprint density at radius 2 is 1.15 bits per heavy atom. The summed E-state index contributed by atoms with van der Waals surface area (Å²) in [7, 11) is -7.61. The van der Waals surface area contributed by atoms with Gasteiger partial charge in [-0.2, -0.15) is 65.5 Å². The Labute approximate surface area is 219 Å². The third-order valence-electron chi connectivity index (χ3n) is 5.24. The SMILES string of the molecule is CCN(CC)CC(=O)Nc1c(C)cccc1C.O=S(=O)(O)C(F)(F)C(F)(F)C(F)(F)C(F)(F)C(F)(F)C(F)(F)F. The van der Waals surface area contributed by atoms with E-state index in [1.807, 2.05) is 32.0 Å². The lowest BCUT2D eigenvalue weighted by Crippen LogP contribution is -2.71. The average molecular weight is 634 g/mol. The number of benzene rings is 1. The number of alkyl halides is 13. The van der Waals surface area contributed by atoms with Gasteiger partial charge in [0.1, 0.15) is 0 Å². The Balaban J connectivity index is 0.000000793. The lowest BCUT2D eigenvalue weighted by molar-refractivity contribution is -0.433. The maximum absolute atomic E-state index is 12.7. The highest BCUT2D eigenvalue weighted by molar-refractivity contribution is 7.87. The van der Waals surface area contributed by atoms with Crippen molar-refractivity contribution in [3.05, 3.63) is 29.3 Å². The molecule has 0 fully saturated rings. The summed E-state index contributed by atoms with van der Waals surface area (Å²) in [5.74, 6) is -32.4. The van der Waals surface area contributed by atoms with Crippen molar-refractivity contribution in [1.82, 2.24) is 4.90 Å². The predicted octanol–water partition coefficient (Wildman–Crippen LogP) is 6.15. The van der Waals surface area contributed by atoms with Gasteiger partial charge in [-0.15, -0.1) is 0 Å². The first-order valence-corrected chi connectivity index (χ1v) is 12.0. The first-order valence-electron chi connectivity index (χ1n) is 10.6. The van der Waals surface area contributed by atoms with E-state index in [2.05, 4.69) is 24.1 Å². The second-order valence-electron chi connectivity index (χ2n) is 8.06. The van der Waals surface area contributed by atoms with Crippen molar-refractivity contribution >= 4 is 21.7 Å². The van der Waals surface area contributed by atoms with Crippen molar-refractivity contribution in [2.75, 3.05) is 25.0 Å². The number of anilines is 1. The zero-order valence-corrected chi connectivity index (χ0v) is 21.6. The van der Waals surface area contributed by atoms with Crippen LogP contribution in [0.1, 0.15) is 25.0 Å². The molecule has 0 saturated heterocycles. The van der Waals surface area contributed by atoms with E-state index in [1.165, 1.54) is 0 Å². The maximum Gasteiger partial charge on any atom is 0.460 e. The fourth-order valence-corrected chi connectivity index (χ4v) is 3.21. The van der Waals surface area contributed by atoms with Crippen LogP contribution >= 0.6 is 0 Å². The summed E-state index contributed by atoms with van der Waals surface area (Å²) in [6.07, 6.45) is -7.59. The van der Waals surface area contributed by atoms with Crippen molar-refractivity contribution < 1.29 is 74.8 Å². The zero-order valence-electron chi connectivity index (χ0n) is 20.8. The topological polar surface area (TPSA) is 86.7 Å². The molecule has 0 aliphatic rings. The maximum atomic E-state index is 12.7. The van der Waals surface area contributed by atoms with Crippen LogP contribution in [0.4, 0.5) is 62.8 Å². The van der Waals surface area contributed by atoms with Crippen LogP contribution in [0.25, 0.3) is 0 Å². The van der Waals surface area contributed by atoms with E-state index in [1.54, 1.807) is 0 Å². The van der Waals surface area contributed by atoms with Gasteiger partial charge in [0.2, 0.25) is 5.91 Å². The molecule has 0 aliphatic carbocycles. The van der Waals surface area contributed by atoms with Crippen LogP contribution in [0.15, 0.2) is 18.2 Å². The summed E-state index contributed by atoms with van der Waals surface area (Å²) in [5.41, 5.74) is 3.17. The highest BCUT2D eigenvalue weighted by Crippen LogP contribution is 2.60. The standard InChI is InChI=1S/C14H22N2O.C6HF13O3S/c1-5-16(6-2)10-13(17)15-14-11(3)8-7-9-12(14)4;7-1(8,3(11,12)5(15,16)17)2(9,10)4(13,14)6(18,19)23(20,21)22/h7-9H,5-6,10H2,1-4H3,(H,15,17);(H,20,21,22). The van der Waals surface area contributed by atoms with Gasteiger partial charge in [0, 0.05) is 5.69 Å². The Kier molecular flexibility index (Phi) is 11.5. The number of carbonyl (C=O) groups excluding carboxylic acids is 1. The van der Waals surface area contributed by atoms with Gasteiger partial charge in [-0.3, -0.25) is 14.2 Å². The zero-order chi connectivity index (χ0) is 32.3. The molecule has 1 amide bonds. The molecule has 1 aromatic carbocycles. The lowest BCUT2D eigenvalue weighted by Gasteiger charge is -2.38. The molecule has 0 aliphatic heterocycles. The molecule has 0 spiro atoms. The van der Waals surface area contributed by atoms with E-state index in [4.69, 9.17) is 4.55 Å². The van der Waals surface area contributed by atoms with Crippen molar-refractivity contribution in [2.24, 2.45) is 0 Å². The minimum absolute atomic E-state index is 0.0612. The summed E-state index contributed by atoms with van der Waals surface area (Å²) in [5, 5.41) is -4.52. The summed E-state index contributed by atoms with van der Waals surface area (Å²) in [6, 6.07) is 6.03. The number of aryl methyl sites for hydroxylation is 2. The Bertz CT molecular complexity index is 1120. The van der Waals surface area contributed by atoms with Crippen molar-refractivity contribution in [2.45, 2.75) is 62.8 Å². The van der Waals surface area contributed by atoms with E-state index in [0.717, 1.165) is 29.9 Å². The van der Waals surface area contributed by atoms with Gasteiger partial charge in [-0.25, -0.2) is 0 Å². The molecular formula is C20H23F13N2O4S. The molecule has 0 radical (unpaired) electrons. The van der Waals surface area contributed by atoms with Crippen molar-refractivity contribution in [3.8, 4) is 0 Å². The van der Waals surface area contributed by atoms with Gasteiger partial charge in [-0.05, 0) is 38.1 Å². The molecule has 0 heterocycles. The van der Waals surface area contributed by atoms with E-state index in [9.17, 15) is 70.3 Å². The van der Waals surface area contributed by atoms with Gasteiger partial charge in [0.25, 0.3) is 0 Å². The molecule has 0 bridgehead atoms. The molecule has 6 nitrogen and oxygen atoms in total. The Morgan fingerprint density at radius 3 is 1.48 bits per heavy atom. The number of nitrogens with zero attached hydrogens (tertiary/aromatic N) is 1. The Morgan fingerprint density at radius 1 is 0.775 bits per heavy atom. The summed E-state index contributed by atoms with van der Waals surface area (Å²) >= 11 is 0. The third-order valence-corrected chi connectivity index (χ3v) is 6.14. The number of para-hydroxylation sites is 1. The third kappa shape index (κ3) is 7.10. The van der Waals surface area contributed by atoms with Gasteiger partial charge in [0.15, 0.2) is 0 Å². The fourth-order valence-electron chi connectivity index (χ4n) is 2.76. The highest BCUT2D eigenvalue weighted by atomic mass is 32.2. The van der Waals surface area contributed by atoms with Crippen LogP contribution in [-0.2, 0) is 14.9 Å². The number of nitrogens with one attached hydrogen (secondary N) is 1. The molecular weight excluding hydrogens is 611 g/mol. The second-order valence-corrected chi connectivity index (χ2v) is 9.53. The molecule has 40 heavy (non-hydrogen) atoms. The first kappa shape index (κ1) is 37.6. The minimum Gasteiger partial charge on any atom is -0.324 e. The molecule has 234 valence electrons. The van der Waals surface area contributed by atoms with Gasteiger partial charge >= 0.3 is 45.2 Å². The molecule has 1 aromatic rings. The van der Waals surface area contributed by atoms with Crippen LogP contribution in [0.5, 0.6) is 0 Å². The summed E-state index contributed by atoms with van der Waals surface area (Å²) in [4.78, 5) is 14.0. The van der Waals surface area contributed by atoms with Crippen LogP contribution in [0.2, 0.25) is 0 Å². The van der Waals surface area contributed by atoms with Crippen LogP contribution in [-0.4, -0.2) is 78.5 Å². The molecule has 0 unspecified atom stereocenters. The molecule has 0 atom stereocenters. The molecule has 0 saturated carbocycles. The van der Waals surface area contributed by atoms with Crippen LogP contribution in [0, 0.1) is 13.8 Å². The molecule has 0 aromatic heterocycles. The van der Waals surface area contributed by atoms with Gasteiger partial charge < -0.3 is 5.32 Å². The summed E-state index contributed by atoms with van der Waals surface area (Å²) < 4.78 is 188. The minimum atomic E-state index is -8.25. The number of hydrogen-bond acceptors (Lipinski definition) is 4. The largest absolute Gasteiger partial charge is 0.460 e. The van der Waals surface area contributed by atoms with Crippen LogP contribution < -0.4 is 5.32 Å². The van der Waals surface area contributed by atoms with E-state index in [-0.39, 0.29) is 5.91 Å². The monoisotopic (exact) mass is 634 g/mol. The molecule has 2 N–H and O–H groups in total. The second kappa shape index (κ2) is 12.3. The number of amides is 1. The highest BCUT2D eigenvalue weighted by Gasteiger charge is 2.92. The number of rotatable bonds is 10. The van der Waals surface area contributed by atoms with E-state index < -0.39 is 45.2 Å². The van der Waals surface area contributed by atoms with E-state index in [0.29, 0.717) is 6.54 Å².